The average molecular weight is 1360 g/mol. The third-order valence-corrected chi connectivity index (χ3v) is 18.3. The molecule has 6 unspecified atom stereocenters. The van der Waals surface area contributed by atoms with Crippen molar-refractivity contribution in [3.8, 4) is 0 Å². The molecular formula is C61H93N19O15S. The van der Waals surface area contributed by atoms with Crippen molar-refractivity contribution in [3.63, 3.8) is 0 Å². The van der Waals surface area contributed by atoms with Gasteiger partial charge in [0.2, 0.25) is 53.2 Å². The predicted molar refractivity (Wildman–Crippen MR) is 351 cm³/mol. The number of aliphatic imine (C=N–C) groups is 3. The third kappa shape index (κ3) is 21.7. The molecule has 12 atom stereocenters. The van der Waals surface area contributed by atoms with E-state index in [9.17, 15) is 58.5 Å². The van der Waals surface area contributed by atoms with Gasteiger partial charge in [-0.3, -0.25) is 62.9 Å². The van der Waals surface area contributed by atoms with E-state index in [0.29, 0.717) is 29.7 Å². The third-order valence-electron chi connectivity index (χ3n) is 17.4. The highest BCUT2D eigenvalue weighted by Gasteiger charge is 2.52. The van der Waals surface area contributed by atoms with E-state index >= 15 is 4.79 Å². The van der Waals surface area contributed by atoms with Crippen molar-refractivity contribution in [3.05, 3.63) is 57.8 Å². The number of nitrogens with two attached hydrogens (primary N) is 7. The molecule has 1 aromatic heterocycles. The number of aliphatic carboxylic acids is 2. The van der Waals surface area contributed by atoms with Crippen molar-refractivity contribution >= 4 is 94.3 Å². The standard InChI is InChI=1S/C59H89N19O13S.C2H4O2/c60-37(14-5-19-67-57(61)62)48(82)72-38(15-6-20-68-58(63)64)52(86)75-22-8-18-43(75)54(88)77-30-35(80)26-44(77)50(84)70-28-47(81)71-40(27-36-13-9-23-92-36)49(83)74-41(31-79)53(87)76-29-34-12-2-1-10-32(34)24-46(76)55(89)78-42-17-4-3-11-33(42)25-45(78)51(85)73-39(56(90)91)16-7-21-69-59(65)66;1-2(3)4/h1-2,9-10,12-13,23,33,35,37-46,79-80H,3-8,11,14-22,24-31,60H2,(H,70,84)(H,71,81)(H,72,82)(H,73,85)(H,74,83)(H,90,91)(H4,61,62,67)(H4,63,64,68)(H4,65,66,69);1H3,(H,3,4)/t33-,35?,37+,38-,39-,40-,41?,42-,43?,44?,45?,46?;/m0./s1. The maximum Gasteiger partial charge on any atom is 0.326 e. The Kier molecular flexibility index (Phi) is 28.9. The molecule has 23 N–H and O–H groups in total. The molecule has 3 saturated heterocycles. The number of hydrogen-bond acceptors (Lipinski definition) is 18. The zero-order valence-electron chi connectivity index (χ0n) is 53.8. The minimum absolute atomic E-state index is 0.00000960. The van der Waals surface area contributed by atoms with E-state index in [1.54, 1.807) is 35.7 Å². The maximum atomic E-state index is 15.3. The molecular weight excluding hydrogens is 1270 g/mol. The number of amides is 9. The van der Waals surface area contributed by atoms with Crippen molar-refractivity contribution in [2.75, 3.05) is 45.9 Å². The number of rotatable bonds is 30. The van der Waals surface area contributed by atoms with Gasteiger partial charge in [-0.05, 0) is 99.1 Å². The summed E-state index contributed by atoms with van der Waals surface area (Å²) in [4.78, 5) is 168. The van der Waals surface area contributed by atoms with E-state index in [1.165, 1.54) is 26.0 Å². The fourth-order valence-electron chi connectivity index (χ4n) is 12.9. The lowest BCUT2D eigenvalue weighted by molar-refractivity contribution is -0.153. The summed E-state index contributed by atoms with van der Waals surface area (Å²) in [5.41, 5.74) is 40.3. The van der Waals surface area contributed by atoms with Crippen LogP contribution >= 0.6 is 11.3 Å². The van der Waals surface area contributed by atoms with Crippen molar-refractivity contribution in [1.29, 1.82) is 0 Å². The van der Waals surface area contributed by atoms with Crippen molar-refractivity contribution in [2.24, 2.45) is 61.0 Å². The molecule has 528 valence electrons. The first-order valence-corrected chi connectivity index (χ1v) is 33.0. The molecule has 7 rings (SSSR count). The molecule has 5 heterocycles. The largest absolute Gasteiger partial charge is 0.481 e. The van der Waals surface area contributed by atoms with Gasteiger partial charge in [-0.15, -0.1) is 11.3 Å². The smallest absolute Gasteiger partial charge is 0.326 e. The van der Waals surface area contributed by atoms with Gasteiger partial charge in [0.1, 0.15) is 48.3 Å². The lowest BCUT2D eigenvalue weighted by atomic mass is 9.84. The van der Waals surface area contributed by atoms with Gasteiger partial charge >= 0.3 is 5.97 Å². The van der Waals surface area contributed by atoms with Crippen LogP contribution in [0, 0.1) is 5.92 Å². The topological polar surface area (TPSA) is 561 Å². The number of hydrogen-bond donors (Lipinski definition) is 16. The van der Waals surface area contributed by atoms with E-state index in [4.69, 9.17) is 50.0 Å². The molecule has 1 aliphatic carbocycles. The molecule has 1 aromatic carbocycles. The van der Waals surface area contributed by atoms with E-state index < -0.39 is 145 Å². The fraction of sp³-hybridized carbons (Fsp3) is 0.607. The van der Waals surface area contributed by atoms with Crippen LogP contribution in [-0.2, 0) is 72.1 Å². The van der Waals surface area contributed by atoms with Crippen molar-refractivity contribution in [1.82, 2.24) is 46.2 Å². The summed E-state index contributed by atoms with van der Waals surface area (Å²) in [7, 11) is 0. The molecule has 1 saturated carbocycles. The zero-order valence-corrected chi connectivity index (χ0v) is 54.6. The summed E-state index contributed by atoms with van der Waals surface area (Å²) in [6.07, 6.45) is 3.42. The minimum Gasteiger partial charge on any atom is -0.481 e. The molecule has 0 radical (unpaired) electrons. The summed E-state index contributed by atoms with van der Waals surface area (Å²) in [6.45, 7) is -0.375. The second-order valence-electron chi connectivity index (χ2n) is 24.4. The van der Waals surface area contributed by atoms with Crippen LogP contribution in [0.2, 0.25) is 0 Å². The van der Waals surface area contributed by atoms with Gasteiger partial charge in [0.25, 0.3) is 5.97 Å². The number of carboxylic acid groups (broad SMARTS) is 2. The van der Waals surface area contributed by atoms with Crippen molar-refractivity contribution in [2.45, 2.75) is 183 Å². The van der Waals surface area contributed by atoms with Gasteiger partial charge in [-0.2, -0.15) is 0 Å². The van der Waals surface area contributed by atoms with E-state index in [-0.39, 0.29) is 127 Å². The molecule has 0 bridgehead atoms. The molecule has 5 aliphatic rings. The van der Waals surface area contributed by atoms with Crippen LogP contribution in [0.15, 0.2) is 56.8 Å². The van der Waals surface area contributed by atoms with Crippen LogP contribution in [0.4, 0.5) is 0 Å². The number of guanidine groups is 3. The number of benzene rings is 1. The van der Waals surface area contributed by atoms with Gasteiger partial charge < -0.3 is 107 Å². The maximum absolute atomic E-state index is 15.3. The molecule has 35 heteroatoms. The Hall–Kier alpha value is -9.22. The number of β-amino-alcohol motifs (C(OH)–C–C–N with tert-alkyl or cyclic N) is 1. The number of nitrogens with one attached hydrogen (secondary N) is 5. The number of nitrogens with zero attached hydrogens (tertiary/aromatic N) is 7. The number of aliphatic hydroxyl groups excluding tert-OH is 2. The first-order chi connectivity index (χ1) is 45.7. The zero-order chi connectivity index (χ0) is 70.3. The van der Waals surface area contributed by atoms with Crippen LogP contribution in [0.3, 0.4) is 0 Å². The van der Waals surface area contributed by atoms with E-state index in [1.807, 2.05) is 6.07 Å². The number of carboxylic acids is 2. The average Bonchev–Trinajstić information content (AvgIpc) is 1.47. The number of likely N-dealkylation sites (tertiary alicyclic amines) is 3. The summed E-state index contributed by atoms with van der Waals surface area (Å²) >= 11 is 1.27. The van der Waals surface area contributed by atoms with Crippen LogP contribution in [0.5, 0.6) is 0 Å². The predicted octanol–water partition coefficient (Wildman–Crippen LogP) is -4.93. The summed E-state index contributed by atoms with van der Waals surface area (Å²) in [6, 6.07) is -1.07. The molecule has 34 nitrogen and oxygen atoms in total. The monoisotopic (exact) mass is 1360 g/mol. The SMILES string of the molecule is CC(=O)O.NC(N)=NCCC[C@@H](N)C(=O)N[C@@H](CCCN=C(N)N)C(=O)N1CCCC1C(=O)N1CC(O)CC1C(=O)NCC(=O)N[C@@H](Cc1cccs1)C(=O)NC(CO)C(=O)N1Cc2ccccc2CC1C(=O)N1C(C(=O)N[C@@H](CCCN=C(N)N)C(=O)O)C[C@@H]2CCCC[C@@H]21. The molecule has 4 aliphatic heterocycles. The van der Waals surface area contributed by atoms with E-state index in [2.05, 4.69) is 41.6 Å². The number of thiophene rings is 1. The summed E-state index contributed by atoms with van der Waals surface area (Å²) < 4.78 is 0. The number of carbonyl (C=O) groups is 11. The second kappa shape index (κ2) is 36.6. The second-order valence-corrected chi connectivity index (χ2v) is 25.5. The van der Waals surface area contributed by atoms with Crippen LogP contribution < -0.4 is 66.7 Å². The highest BCUT2D eigenvalue weighted by Crippen LogP contribution is 2.41. The Morgan fingerprint density at radius 2 is 1.23 bits per heavy atom. The fourth-order valence-corrected chi connectivity index (χ4v) is 13.6. The molecule has 96 heavy (non-hydrogen) atoms. The highest BCUT2D eigenvalue weighted by atomic mass is 32.1. The Labute approximate surface area is 559 Å². The molecule has 0 spiro atoms. The quantitative estimate of drug-likeness (QED) is 0.0198. The van der Waals surface area contributed by atoms with Crippen LogP contribution in [0.25, 0.3) is 0 Å². The lowest BCUT2D eigenvalue weighted by Gasteiger charge is -2.42. The first kappa shape index (κ1) is 75.8. The summed E-state index contributed by atoms with van der Waals surface area (Å²) in [5, 5.41) is 54.2. The Balaban J connectivity index is 0.00000354. The first-order valence-electron chi connectivity index (χ1n) is 32.1. The highest BCUT2D eigenvalue weighted by molar-refractivity contribution is 7.09. The minimum atomic E-state index is -1.66. The molecule has 4 fully saturated rings. The van der Waals surface area contributed by atoms with Crippen molar-refractivity contribution < 1.29 is 73.2 Å². The molecule has 9 amide bonds. The van der Waals surface area contributed by atoms with Gasteiger partial charge in [0.15, 0.2) is 17.9 Å². The normalized spacial score (nSPS) is 21.7. The van der Waals surface area contributed by atoms with Gasteiger partial charge in [-0.25, -0.2) is 4.79 Å². The molecule has 2 aromatic rings. The number of aliphatic hydroxyl groups is 2. The lowest BCUT2D eigenvalue weighted by Crippen LogP contribution is -2.63. The summed E-state index contributed by atoms with van der Waals surface area (Å²) in [5.74, 6) is -9.16. The Morgan fingerprint density at radius 1 is 0.625 bits per heavy atom. The Morgan fingerprint density at radius 3 is 1.84 bits per heavy atom. The van der Waals surface area contributed by atoms with Gasteiger partial charge in [0.05, 0.1) is 25.3 Å². The Bertz CT molecular complexity index is 3160. The van der Waals surface area contributed by atoms with Gasteiger partial charge in [0, 0.05) is 76.4 Å². The van der Waals surface area contributed by atoms with Crippen LogP contribution in [0.1, 0.15) is 113 Å². The number of carbonyl (C=O) groups excluding carboxylic acids is 9. The van der Waals surface area contributed by atoms with Gasteiger partial charge in [-0.1, -0.05) is 43.2 Å². The number of fused-ring (bicyclic) bond motifs is 2. The van der Waals surface area contributed by atoms with E-state index in [0.717, 1.165) is 36.6 Å². The van der Waals surface area contributed by atoms with Crippen LogP contribution in [-0.4, -0.2) is 235 Å².